The van der Waals surface area contributed by atoms with E-state index in [1.165, 1.54) is 0 Å². The Morgan fingerprint density at radius 2 is 1.83 bits per heavy atom. The number of aromatic nitrogens is 2. The van der Waals surface area contributed by atoms with Crippen LogP contribution in [0.25, 0.3) is 22.3 Å². The number of benzene rings is 2. The fourth-order valence-electron chi connectivity index (χ4n) is 3.51. The molecule has 4 heteroatoms. The number of nitrogens with one attached hydrogen (secondary N) is 1. The van der Waals surface area contributed by atoms with Gasteiger partial charge in [-0.1, -0.05) is 42.0 Å². The van der Waals surface area contributed by atoms with Gasteiger partial charge >= 0.3 is 0 Å². The van der Waals surface area contributed by atoms with Crippen LogP contribution < -0.4 is 10.9 Å². The predicted octanol–water partition coefficient (Wildman–Crippen LogP) is 3.30. The van der Waals surface area contributed by atoms with Gasteiger partial charge in [-0.2, -0.15) is 0 Å². The van der Waals surface area contributed by atoms with Crippen LogP contribution in [0, 0.1) is 6.92 Å². The van der Waals surface area contributed by atoms with Gasteiger partial charge in [0.1, 0.15) is 5.82 Å². The molecule has 0 unspecified atom stereocenters. The molecule has 4 rings (SSSR count). The van der Waals surface area contributed by atoms with Crippen LogP contribution in [0.5, 0.6) is 0 Å². The van der Waals surface area contributed by atoms with Crippen molar-refractivity contribution >= 4 is 10.9 Å². The molecule has 0 aliphatic carbocycles. The number of fused-ring (bicyclic) bond motifs is 1. The Bertz CT molecular complexity index is 925. The molecule has 4 nitrogen and oxygen atoms in total. The van der Waals surface area contributed by atoms with Gasteiger partial charge < -0.3 is 5.32 Å². The summed E-state index contributed by atoms with van der Waals surface area (Å²) >= 11 is 0. The second-order valence-corrected chi connectivity index (χ2v) is 6.48. The van der Waals surface area contributed by atoms with Crippen LogP contribution in [0.15, 0.2) is 53.3 Å². The SMILES string of the molecule is Cc1ccc2nc(-c3ccccc3)n(C3CCNCC3)c(=O)c2c1. The van der Waals surface area contributed by atoms with Crippen LogP contribution in [-0.2, 0) is 0 Å². The van der Waals surface area contributed by atoms with E-state index in [0.29, 0.717) is 5.39 Å². The average molecular weight is 319 g/mol. The molecule has 0 saturated carbocycles. The highest BCUT2D eigenvalue weighted by molar-refractivity contribution is 5.80. The largest absolute Gasteiger partial charge is 0.317 e. The number of rotatable bonds is 2. The molecule has 0 bridgehead atoms. The summed E-state index contributed by atoms with van der Waals surface area (Å²) in [4.78, 5) is 18.1. The predicted molar refractivity (Wildman–Crippen MR) is 97.3 cm³/mol. The number of hydrogen-bond acceptors (Lipinski definition) is 3. The highest BCUT2D eigenvalue weighted by atomic mass is 16.1. The summed E-state index contributed by atoms with van der Waals surface area (Å²) in [5.74, 6) is 0.781. The van der Waals surface area contributed by atoms with E-state index >= 15 is 0 Å². The van der Waals surface area contributed by atoms with Gasteiger partial charge in [0.2, 0.25) is 0 Å². The van der Waals surface area contributed by atoms with Crippen LogP contribution in [0.2, 0.25) is 0 Å². The molecular formula is C20H21N3O. The molecule has 1 aliphatic heterocycles. The minimum absolute atomic E-state index is 0.0782. The van der Waals surface area contributed by atoms with Gasteiger partial charge in [0.25, 0.3) is 5.56 Å². The molecule has 1 aromatic heterocycles. The standard InChI is InChI=1S/C20H21N3O/c1-14-7-8-18-17(13-14)20(24)23(16-9-11-21-12-10-16)19(22-18)15-5-3-2-4-6-15/h2-8,13,16,21H,9-12H2,1H3. The van der Waals surface area contributed by atoms with Crippen LogP contribution in [0.1, 0.15) is 24.4 Å². The highest BCUT2D eigenvalue weighted by Gasteiger charge is 2.22. The van der Waals surface area contributed by atoms with Crippen molar-refractivity contribution in [1.29, 1.82) is 0 Å². The zero-order valence-corrected chi connectivity index (χ0v) is 13.8. The second-order valence-electron chi connectivity index (χ2n) is 6.48. The van der Waals surface area contributed by atoms with Gasteiger partial charge in [0.05, 0.1) is 10.9 Å². The Hall–Kier alpha value is -2.46. The lowest BCUT2D eigenvalue weighted by atomic mass is 10.0. The molecule has 2 heterocycles. The fraction of sp³-hybridized carbons (Fsp3) is 0.300. The lowest BCUT2D eigenvalue weighted by molar-refractivity contribution is 0.362. The topological polar surface area (TPSA) is 46.9 Å². The van der Waals surface area contributed by atoms with E-state index in [2.05, 4.69) is 5.32 Å². The van der Waals surface area contributed by atoms with Crippen molar-refractivity contribution in [3.05, 3.63) is 64.4 Å². The van der Waals surface area contributed by atoms with Crippen molar-refractivity contribution in [2.75, 3.05) is 13.1 Å². The van der Waals surface area contributed by atoms with E-state index in [0.717, 1.165) is 48.4 Å². The van der Waals surface area contributed by atoms with E-state index in [4.69, 9.17) is 4.98 Å². The number of piperidine rings is 1. The van der Waals surface area contributed by atoms with Gasteiger partial charge in [-0.3, -0.25) is 9.36 Å². The van der Waals surface area contributed by atoms with Gasteiger partial charge in [-0.15, -0.1) is 0 Å². The minimum Gasteiger partial charge on any atom is -0.317 e. The summed E-state index contributed by atoms with van der Waals surface area (Å²) in [6.45, 7) is 3.90. The maximum Gasteiger partial charge on any atom is 0.261 e. The molecule has 0 atom stereocenters. The summed E-state index contributed by atoms with van der Waals surface area (Å²) in [6, 6.07) is 16.1. The Balaban J connectivity index is 2.01. The van der Waals surface area contributed by atoms with E-state index in [9.17, 15) is 4.79 Å². The maximum absolute atomic E-state index is 13.3. The van der Waals surface area contributed by atoms with E-state index in [-0.39, 0.29) is 11.6 Å². The third-order valence-electron chi connectivity index (χ3n) is 4.76. The lowest BCUT2D eigenvalue weighted by Gasteiger charge is -2.27. The molecule has 0 spiro atoms. The molecule has 1 N–H and O–H groups in total. The Morgan fingerprint density at radius 1 is 1.08 bits per heavy atom. The Morgan fingerprint density at radius 3 is 2.58 bits per heavy atom. The number of hydrogen-bond donors (Lipinski definition) is 1. The van der Waals surface area contributed by atoms with Crippen molar-refractivity contribution in [1.82, 2.24) is 14.9 Å². The molecule has 0 radical (unpaired) electrons. The monoisotopic (exact) mass is 319 g/mol. The third kappa shape index (κ3) is 2.63. The molecule has 2 aromatic carbocycles. The molecule has 0 amide bonds. The van der Waals surface area contributed by atoms with Gasteiger partial charge in [-0.05, 0) is 45.0 Å². The second kappa shape index (κ2) is 6.21. The summed E-state index contributed by atoms with van der Waals surface area (Å²) in [5, 5.41) is 4.09. The molecule has 24 heavy (non-hydrogen) atoms. The Labute approximate surface area is 141 Å². The van der Waals surface area contributed by atoms with Crippen LogP contribution >= 0.6 is 0 Å². The van der Waals surface area contributed by atoms with Crippen molar-refractivity contribution in [2.24, 2.45) is 0 Å². The molecule has 1 aliphatic rings. The number of aryl methyl sites for hydroxylation is 1. The zero-order valence-electron chi connectivity index (χ0n) is 13.8. The molecular weight excluding hydrogens is 298 g/mol. The van der Waals surface area contributed by atoms with Crippen LogP contribution in [-0.4, -0.2) is 22.6 Å². The average Bonchev–Trinajstić information content (AvgIpc) is 2.63. The van der Waals surface area contributed by atoms with E-state index < -0.39 is 0 Å². The smallest absolute Gasteiger partial charge is 0.261 e. The summed E-state index contributed by atoms with van der Waals surface area (Å²) in [7, 11) is 0. The number of nitrogens with zero attached hydrogens (tertiary/aromatic N) is 2. The van der Waals surface area contributed by atoms with Crippen LogP contribution in [0.3, 0.4) is 0 Å². The van der Waals surface area contributed by atoms with E-state index in [1.807, 2.05) is 60.0 Å². The maximum atomic E-state index is 13.3. The van der Waals surface area contributed by atoms with Gasteiger partial charge in [0.15, 0.2) is 0 Å². The first-order chi connectivity index (χ1) is 11.7. The summed E-state index contributed by atoms with van der Waals surface area (Å²) < 4.78 is 1.93. The Kier molecular flexibility index (Phi) is 3.90. The summed E-state index contributed by atoms with van der Waals surface area (Å²) in [5.41, 5.74) is 2.94. The van der Waals surface area contributed by atoms with Gasteiger partial charge in [-0.25, -0.2) is 4.98 Å². The van der Waals surface area contributed by atoms with Crippen LogP contribution in [0.4, 0.5) is 0 Å². The van der Waals surface area contributed by atoms with Crippen molar-refractivity contribution in [2.45, 2.75) is 25.8 Å². The molecule has 1 saturated heterocycles. The fourth-order valence-corrected chi connectivity index (χ4v) is 3.51. The van der Waals surface area contributed by atoms with E-state index in [1.54, 1.807) is 0 Å². The quantitative estimate of drug-likeness (QED) is 0.788. The molecule has 3 aromatic rings. The minimum atomic E-state index is 0.0782. The summed E-state index contributed by atoms with van der Waals surface area (Å²) in [6.07, 6.45) is 1.91. The first-order valence-corrected chi connectivity index (χ1v) is 8.53. The first-order valence-electron chi connectivity index (χ1n) is 8.53. The highest BCUT2D eigenvalue weighted by Crippen LogP contribution is 2.26. The zero-order chi connectivity index (χ0) is 16.5. The first kappa shape index (κ1) is 15.1. The molecule has 1 fully saturated rings. The van der Waals surface area contributed by atoms with Gasteiger partial charge in [0, 0.05) is 11.6 Å². The third-order valence-corrected chi connectivity index (χ3v) is 4.76. The normalized spacial score (nSPS) is 15.7. The van der Waals surface area contributed by atoms with Crippen molar-refractivity contribution < 1.29 is 0 Å². The molecule has 122 valence electrons. The van der Waals surface area contributed by atoms with Crippen molar-refractivity contribution in [3.63, 3.8) is 0 Å². The van der Waals surface area contributed by atoms with Crippen molar-refractivity contribution in [3.8, 4) is 11.4 Å². The lowest BCUT2D eigenvalue weighted by Crippen LogP contribution is -2.35.